The monoisotopic (exact) mass is 828 g/mol. The predicted octanol–water partition coefficient (Wildman–Crippen LogP) is 10.7. The van der Waals surface area contributed by atoms with Crippen molar-refractivity contribution >= 4 is 48.6 Å². The molecule has 0 spiro atoms. The molecule has 0 aliphatic rings. The van der Waals surface area contributed by atoms with Gasteiger partial charge in [-0.05, 0) is 98.4 Å². The van der Waals surface area contributed by atoms with Gasteiger partial charge in [-0.25, -0.2) is 21.2 Å². The van der Waals surface area contributed by atoms with E-state index in [2.05, 4.69) is 31.9 Å². The van der Waals surface area contributed by atoms with Crippen molar-refractivity contribution in [2.45, 2.75) is 54.5 Å². The van der Waals surface area contributed by atoms with E-state index in [1.165, 1.54) is 30.5 Å². The lowest BCUT2D eigenvalue weighted by Gasteiger charge is -2.21. The lowest BCUT2D eigenvalue weighted by molar-refractivity contribution is 0.0798. The zero-order valence-electron chi connectivity index (χ0n) is 29.6. The van der Waals surface area contributed by atoms with Crippen molar-refractivity contribution in [2.75, 3.05) is 13.2 Å². The number of hydrogen-bond acceptors (Lipinski definition) is 6. The second kappa shape index (κ2) is 16.2. The van der Waals surface area contributed by atoms with Gasteiger partial charge in [0, 0.05) is 55.7 Å². The Labute approximate surface area is 325 Å². The molecule has 54 heavy (non-hydrogen) atoms. The van der Waals surface area contributed by atoms with Gasteiger partial charge in [0.2, 0.25) is 0 Å². The summed E-state index contributed by atoms with van der Waals surface area (Å²) in [4.78, 5) is 3.51. The third kappa shape index (κ3) is 8.41. The molecule has 0 bridgehead atoms. The van der Waals surface area contributed by atoms with Crippen molar-refractivity contribution < 1.29 is 21.9 Å². The summed E-state index contributed by atoms with van der Waals surface area (Å²) in [6, 6.07) is 22.8. The van der Waals surface area contributed by atoms with Gasteiger partial charge in [0.1, 0.15) is 11.6 Å². The van der Waals surface area contributed by atoms with Crippen molar-refractivity contribution in [3.05, 3.63) is 141 Å². The van der Waals surface area contributed by atoms with Crippen LogP contribution < -0.4 is 0 Å². The Morgan fingerprint density at radius 2 is 1.83 bits per heavy atom. The molecule has 0 saturated carbocycles. The normalized spacial score (nSPS) is 12.4. The molecule has 0 amide bonds. The number of terminal acetylenes is 1. The van der Waals surface area contributed by atoms with E-state index in [9.17, 15) is 8.42 Å². The summed E-state index contributed by atoms with van der Waals surface area (Å²) in [5, 5.41) is 8.88. The second-order valence-corrected chi connectivity index (χ2v) is 17.1. The number of nitrogens with zero attached hydrogens (tertiary/aromatic N) is 6. The first-order valence-corrected chi connectivity index (χ1v) is 19.9. The molecule has 2 heterocycles. The fourth-order valence-corrected chi connectivity index (χ4v) is 8.70. The standard InChI is InChI=1S/C40H35BrF2N6O3S2/c1-5-40(3,4)25-52-20-17-37(27-7-6-8-28(41)21-27)48-18-16-36(46-48)32-22-29(11-14-34(32)42)53-39-33(24-45-47-44)31-15-19-49(38(31)23-35(39)43)54(50,51)30-12-9-26(2)10-13-30/h1,6-16,18-19,21-23,37H,17,20,24-25H2,2-4H3. The summed E-state index contributed by atoms with van der Waals surface area (Å²) in [5.74, 6) is 1.49. The first-order valence-electron chi connectivity index (χ1n) is 16.8. The number of benzene rings is 4. The smallest absolute Gasteiger partial charge is 0.268 e. The minimum absolute atomic E-state index is 0.0442. The number of aromatic nitrogens is 3. The molecule has 6 rings (SSSR count). The van der Waals surface area contributed by atoms with Crippen LogP contribution in [-0.4, -0.2) is 35.4 Å². The molecule has 0 aliphatic carbocycles. The zero-order chi connectivity index (χ0) is 38.6. The molecule has 0 aliphatic heterocycles. The first-order chi connectivity index (χ1) is 25.8. The third-order valence-electron chi connectivity index (χ3n) is 8.82. The van der Waals surface area contributed by atoms with Crippen molar-refractivity contribution in [2.24, 2.45) is 10.5 Å². The lowest BCUT2D eigenvalue weighted by atomic mass is 9.96. The fraction of sp³-hybridized carbons (Fsp3) is 0.225. The van der Waals surface area contributed by atoms with Crippen LogP contribution in [0.15, 0.2) is 122 Å². The van der Waals surface area contributed by atoms with Crippen LogP contribution in [0, 0.1) is 36.3 Å². The maximum atomic E-state index is 16.1. The van der Waals surface area contributed by atoms with Crippen molar-refractivity contribution in [1.82, 2.24) is 13.8 Å². The Balaban J connectivity index is 1.33. The van der Waals surface area contributed by atoms with Crippen LogP contribution in [0.4, 0.5) is 8.78 Å². The van der Waals surface area contributed by atoms with E-state index < -0.39 is 27.1 Å². The number of azide groups is 1. The second-order valence-electron chi connectivity index (χ2n) is 13.3. The minimum atomic E-state index is -4.07. The van der Waals surface area contributed by atoms with Gasteiger partial charge < -0.3 is 4.74 Å². The summed E-state index contributed by atoms with van der Waals surface area (Å²) in [6.45, 7) is 6.27. The summed E-state index contributed by atoms with van der Waals surface area (Å²) < 4.78 is 68.4. The van der Waals surface area contributed by atoms with Crippen LogP contribution in [0.5, 0.6) is 0 Å². The molecule has 0 radical (unpaired) electrons. The van der Waals surface area contributed by atoms with Crippen LogP contribution in [-0.2, 0) is 21.3 Å². The van der Waals surface area contributed by atoms with Gasteiger partial charge in [0.05, 0.1) is 40.2 Å². The number of rotatable bonds is 14. The molecule has 2 aromatic heterocycles. The first kappa shape index (κ1) is 38.8. The van der Waals surface area contributed by atoms with Gasteiger partial charge in [0.25, 0.3) is 10.0 Å². The topological polar surface area (TPSA) is 115 Å². The molecule has 14 heteroatoms. The van der Waals surface area contributed by atoms with E-state index in [0.717, 1.165) is 37.4 Å². The Morgan fingerprint density at radius 1 is 1.06 bits per heavy atom. The molecule has 0 saturated heterocycles. The minimum Gasteiger partial charge on any atom is -0.380 e. The number of ether oxygens (including phenoxy) is 1. The summed E-state index contributed by atoms with van der Waals surface area (Å²) in [7, 11) is -4.07. The maximum absolute atomic E-state index is 16.1. The molecule has 6 aromatic rings. The summed E-state index contributed by atoms with van der Waals surface area (Å²) >= 11 is 4.57. The highest BCUT2D eigenvalue weighted by Crippen LogP contribution is 2.40. The molecule has 4 aromatic carbocycles. The Kier molecular flexibility index (Phi) is 11.7. The number of halogens is 3. The Morgan fingerprint density at radius 3 is 2.56 bits per heavy atom. The quantitative estimate of drug-likeness (QED) is 0.0356. The molecule has 1 unspecified atom stereocenters. The van der Waals surface area contributed by atoms with Gasteiger partial charge in [-0.15, -0.1) is 6.42 Å². The van der Waals surface area contributed by atoms with Crippen molar-refractivity contribution in [3.63, 3.8) is 0 Å². The molecule has 276 valence electrons. The highest BCUT2D eigenvalue weighted by Gasteiger charge is 2.24. The van der Waals surface area contributed by atoms with Gasteiger partial charge in [0.15, 0.2) is 0 Å². The molecule has 9 nitrogen and oxygen atoms in total. The van der Waals surface area contributed by atoms with Crippen LogP contribution >= 0.6 is 27.7 Å². The van der Waals surface area contributed by atoms with E-state index in [4.69, 9.17) is 21.8 Å². The van der Waals surface area contributed by atoms with Gasteiger partial charge in [-0.3, -0.25) is 4.68 Å². The summed E-state index contributed by atoms with van der Waals surface area (Å²) in [5.41, 5.74) is 11.6. The Bertz CT molecular complexity index is 2540. The van der Waals surface area contributed by atoms with Crippen molar-refractivity contribution in [3.8, 4) is 23.6 Å². The largest absolute Gasteiger partial charge is 0.380 e. The molecule has 0 fully saturated rings. The average molecular weight is 830 g/mol. The fourth-order valence-electron chi connectivity index (χ4n) is 5.95. The Hall–Kier alpha value is -4.90. The van der Waals surface area contributed by atoms with Crippen LogP contribution in [0.3, 0.4) is 0 Å². The van der Waals surface area contributed by atoms with Crippen molar-refractivity contribution in [1.29, 1.82) is 0 Å². The molecule has 0 N–H and O–H groups in total. The van der Waals surface area contributed by atoms with Gasteiger partial charge in [-0.1, -0.05) is 68.6 Å². The lowest BCUT2D eigenvalue weighted by Crippen LogP contribution is -2.19. The van der Waals surface area contributed by atoms with Gasteiger partial charge in [-0.2, -0.15) is 5.10 Å². The highest BCUT2D eigenvalue weighted by atomic mass is 79.9. The maximum Gasteiger partial charge on any atom is 0.268 e. The van der Waals surface area contributed by atoms with Crippen LogP contribution in [0.2, 0.25) is 0 Å². The van der Waals surface area contributed by atoms with E-state index in [1.54, 1.807) is 41.2 Å². The van der Waals surface area contributed by atoms with Gasteiger partial charge >= 0.3 is 0 Å². The molecular weight excluding hydrogens is 795 g/mol. The molecule has 1 atom stereocenters. The highest BCUT2D eigenvalue weighted by molar-refractivity contribution is 9.10. The number of fused-ring (bicyclic) bond motifs is 1. The molecular formula is C40H35BrF2N6O3S2. The summed E-state index contributed by atoms with van der Waals surface area (Å²) in [6.07, 6.45) is 9.33. The van der Waals surface area contributed by atoms with E-state index >= 15 is 8.78 Å². The predicted molar refractivity (Wildman–Crippen MR) is 211 cm³/mol. The van der Waals surface area contributed by atoms with E-state index in [0.29, 0.717) is 41.2 Å². The van der Waals surface area contributed by atoms with Crippen LogP contribution in [0.25, 0.3) is 32.6 Å². The SMILES string of the molecule is C#CC(C)(C)COCCC(c1cccc(Br)c1)n1ccc(-c2cc(Sc3c(F)cc4c(ccn4S(=O)(=O)c4ccc(C)cc4)c3CN=[N+]=[N-])ccc2F)n1. The zero-order valence-corrected chi connectivity index (χ0v) is 32.8. The average Bonchev–Trinajstić information content (AvgIpc) is 3.81. The number of hydrogen-bond donors (Lipinski definition) is 0. The van der Waals surface area contributed by atoms with E-state index in [-0.39, 0.29) is 33.5 Å². The number of aryl methyl sites for hydroxylation is 1. The third-order valence-corrected chi connectivity index (χ3v) is 12.2. The van der Waals surface area contributed by atoms with E-state index in [1.807, 2.05) is 45.0 Å². The van der Waals surface area contributed by atoms with Crippen LogP contribution in [0.1, 0.15) is 43.0 Å².